The van der Waals surface area contributed by atoms with Crippen LogP contribution < -0.4 is 10.9 Å². The largest absolute Gasteiger partial charge is 0.421 e. The van der Waals surface area contributed by atoms with Gasteiger partial charge in [0.05, 0.1) is 4.47 Å². The van der Waals surface area contributed by atoms with Crippen molar-refractivity contribution in [3.8, 4) is 0 Å². The highest BCUT2D eigenvalue weighted by Gasteiger charge is 2.28. The second kappa shape index (κ2) is 6.64. The number of carbonyl (C=O) groups excluding carboxylic acids is 1. The van der Waals surface area contributed by atoms with Gasteiger partial charge in [0.2, 0.25) is 0 Å². The molecular formula is C18H21Br2NO3. The minimum Gasteiger partial charge on any atom is -0.421 e. The van der Waals surface area contributed by atoms with Crippen molar-refractivity contribution in [2.24, 2.45) is 5.41 Å². The molecule has 0 atom stereocenters. The van der Waals surface area contributed by atoms with E-state index in [0.717, 1.165) is 10.9 Å². The van der Waals surface area contributed by atoms with Gasteiger partial charge in [-0.3, -0.25) is 4.79 Å². The zero-order valence-electron chi connectivity index (χ0n) is 14.4. The third-order valence-corrected chi connectivity index (χ3v) is 4.47. The summed E-state index contributed by atoms with van der Waals surface area (Å²) in [6.07, 6.45) is 0.780. The summed E-state index contributed by atoms with van der Waals surface area (Å²) in [4.78, 5) is 24.8. The van der Waals surface area contributed by atoms with Crippen LogP contribution in [0, 0.1) is 5.41 Å². The Bertz CT molecular complexity index is 848. The van der Waals surface area contributed by atoms with Crippen LogP contribution in [0.4, 0.5) is 0 Å². The Kier molecular flexibility index (Phi) is 5.31. The average molecular weight is 459 g/mol. The van der Waals surface area contributed by atoms with Gasteiger partial charge in [0.25, 0.3) is 5.91 Å². The van der Waals surface area contributed by atoms with Gasteiger partial charge in [-0.15, -0.1) is 0 Å². The topological polar surface area (TPSA) is 59.3 Å². The van der Waals surface area contributed by atoms with Crippen molar-refractivity contribution in [1.29, 1.82) is 0 Å². The van der Waals surface area contributed by atoms with Crippen molar-refractivity contribution in [3.05, 3.63) is 43.1 Å². The van der Waals surface area contributed by atoms with Crippen LogP contribution in [0.15, 0.2) is 36.4 Å². The van der Waals surface area contributed by atoms with E-state index < -0.39 is 17.1 Å². The molecule has 6 heteroatoms. The van der Waals surface area contributed by atoms with E-state index in [1.54, 1.807) is 18.2 Å². The first kappa shape index (κ1) is 19.2. The molecule has 4 nitrogen and oxygen atoms in total. The van der Waals surface area contributed by atoms with Crippen molar-refractivity contribution >= 4 is 48.7 Å². The average Bonchev–Trinajstić information content (AvgIpc) is 2.35. The van der Waals surface area contributed by atoms with Gasteiger partial charge < -0.3 is 9.73 Å². The predicted octanol–water partition coefficient (Wildman–Crippen LogP) is 5.26. The molecule has 1 N–H and O–H groups in total. The smallest absolute Gasteiger partial charge is 0.349 e. The Labute approximate surface area is 158 Å². The Morgan fingerprint density at radius 2 is 1.75 bits per heavy atom. The van der Waals surface area contributed by atoms with Crippen LogP contribution in [0.2, 0.25) is 0 Å². The van der Waals surface area contributed by atoms with Crippen molar-refractivity contribution in [2.45, 2.75) is 46.6 Å². The Balaban J connectivity index is 2.40. The number of benzene rings is 1. The van der Waals surface area contributed by atoms with Crippen LogP contribution in [0.25, 0.3) is 11.0 Å². The fourth-order valence-corrected chi connectivity index (χ4v) is 4.40. The highest BCUT2D eigenvalue weighted by Crippen LogP contribution is 2.29. The Morgan fingerprint density at radius 3 is 2.33 bits per heavy atom. The lowest BCUT2D eigenvalue weighted by molar-refractivity contribution is 0.0888. The van der Waals surface area contributed by atoms with Gasteiger partial charge in [0, 0.05) is 15.4 Å². The SMILES string of the molecule is CC(C)(C)CC(C)(C)NC(=O)c1cc2cc(Br)cc(Br)c2oc1=O. The molecule has 0 unspecified atom stereocenters. The second-order valence-corrected chi connectivity index (χ2v) is 9.60. The van der Waals surface area contributed by atoms with Gasteiger partial charge in [-0.25, -0.2) is 4.79 Å². The molecule has 0 spiro atoms. The summed E-state index contributed by atoms with van der Waals surface area (Å²) in [5, 5.41) is 3.62. The van der Waals surface area contributed by atoms with Gasteiger partial charge in [-0.2, -0.15) is 0 Å². The van der Waals surface area contributed by atoms with Crippen LogP contribution in [-0.4, -0.2) is 11.4 Å². The van der Waals surface area contributed by atoms with E-state index in [0.29, 0.717) is 15.4 Å². The molecule has 0 aliphatic carbocycles. The number of hydrogen-bond donors (Lipinski definition) is 1. The van der Waals surface area contributed by atoms with Crippen LogP contribution in [-0.2, 0) is 0 Å². The molecule has 1 heterocycles. The van der Waals surface area contributed by atoms with Crippen molar-refractivity contribution < 1.29 is 9.21 Å². The van der Waals surface area contributed by atoms with Crippen LogP contribution in [0.3, 0.4) is 0 Å². The highest BCUT2D eigenvalue weighted by atomic mass is 79.9. The molecule has 1 aromatic carbocycles. The molecule has 2 aromatic rings. The lowest BCUT2D eigenvalue weighted by atomic mass is 9.81. The first-order valence-corrected chi connectivity index (χ1v) is 9.22. The van der Waals surface area contributed by atoms with Gasteiger partial charge >= 0.3 is 5.63 Å². The standard InChI is InChI=1S/C18H21Br2NO3/c1-17(2,3)9-18(4,5)21-15(22)12-7-10-6-11(19)8-13(20)14(10)24-16(12)23/h6-8H,9H2,1-5H3,(H,21,22). The molecule has 2 rings (SSSR count). The number of fused-ring (bicyclic) bond motifs is 1. The monoisotopic (exact) mass is 457 g/mol. The number of nitrogens with one attached hydrogen (secondary N) is 1. The van der Waals surface area contributed by atoms with Crippen LogP contribution in [0.1, 0.15) is 51.4 Å². The quantitative estimate of drug-likeness (QED) is 0.638. The fourth-order valence-electron chi connectivity index (χ4n) is 3.06. The van der Waals surface area contributed by atoms with E-state index >= 15 is 0 Å². The number of amides is 1. The minimum atomic E-state index is -0.644. The summed E-state index contributed by atoms with van der Waals surface area (Å²) >= 11 is 6.76. The maximum atomic E-state index is 12.6. The van der Waals surface area contributed by atoms with Gasteiger partial charge in [-0.1, -0.05) is 36.7 Å². The van der Waals surface area contributed by atoms with Crippen LogP contribution >= 0.6 is 31.9 Å². The minimum absolute atomic E-state index is 0.00878. The molecule has 0 saturated carbocycles. The van der Waals surface area contributed by atoms with E-state index in [2.05, 4.69) is 57.9 Å². The van der Waals surface area contributed by atoms with E-state index in [1.165, 1.54) is 0 Å². The Hall–Kier alpha value is -1.14. The van der Waals surface area contributed by atoms with E-state index in [9.17, 15) is 9.59 Å². The lowest BCUT2D eigenvalue weighted by Gasteiger charge is -2.33. The molecule has 0 radical (unpaired) electrons. The van der Waals surface area contributed by atoms with Gasteiger partial charge in [-0.05, 0) is 59.8 Å². The molecule has 24 heavy (non-hydrogen) atoms. The summed E-state index contributed by atoms with van der Waals surface area (Å²) in [6.45, 7) is 10.2. The van der Waals surface area contributed by atoms with Crippen molar-refractivity contribution in [3.63, 3.8) is 0 Å². The van der Waals surface area contributed by atoms with E-state index in [-0.39, 0.29) is 11.0 Å². The van der Waals surface area contributed by atoms with E-state index in [4.69, 9.17) is 4.42 Å². The molecule has 130 valence electrons. The number of halogens is 2. The summed E-state index contributed by atoms with van der Waals surface area (Å²) < 4.78 is 6.82. The second-order valence-electron chi connectivity index (χ2n) is 7.83. The van der Waals surface area contributed by atoms with Crippen LogP contribution in [0.5, 0.6) is 0 Å². The molecule has 1 amide bonds. The number of rotatable bonds is 3. The molecule has 1 aromatic heterocycles. The van der Waals surface area contributed by atoms with E-state index in [1.807, 2.05) is 13.8 Å². The number of hydrogen-bond acceptors (Lipinski definition) is 3. The molecular weight excluding hydrogens is 438 g/mol. The predicted molar refractivity (Wildman–Crippen MR) is 104 cm³/mol. The normalized spacial score (nSPS) is 12.5. The molecule has 0 saturated heterocycles. The van der Waals surface area contributed by atoms with Gasteiger partial charge in [0.1, 0.15) is 5.56 Å². The van der Waals surface area contributed by atoms with Crippen molar-refractivity contribution in [2.75, 3.05) is 0 Å². The maximum absolute atomic E-state index is 12.6. The first-order chi connectivity index (χ1) is 10.9. The maximum Gasteiger partial charge on any atom is 0.349 e. The highest BCUT2D eigenvalue weighted by molar-refractivity contribution is 9.11. The van der Waals surface area contributed by atoms with Gasteiger partial charge in [0.15, 0.2) is 5.58 Å². The summed E-state index contributed by atoms with van der Waals surface area (Å²) in [5.74, 6) is -0.420. The Morgan fingerprint density at radius 1 is 1.12 bits per heavy atom. The molecule has 0 bridgehead atoms. The van der Waals surface area contributed by atoms with Crippen molar-refractivity contribution in [1.82, 2.24) is 5.32 Å². The molecule has 0 fully saturated rings. The first-order valence-electron chi connectivity index (χ1n) is 7.63. The third-order valence-electron chi connectivity index (χ3n) is 3.42. The zero-order chi connectivity index (χ0) is 18.3. The molecule has 0 aliphatic heterocycles. The summed E-state index contributed by atoms with van der Waals surface area (Å²) in [6, 6.07) is 5.16. The fraction of sp³-hybridized carbons (Fsp3) is 0.444. The summed E-state index contributed by atoms with van der Waals surface area (Å²) in [5.41, 5.74) is -0.590. The zero-order valence-corrected chi connectivity index (χ0v) is 17.6. The third kappa shape index (κ3) is 4.70. The number of carbonyl (C=O) groups is 1. The summed E-state index contributed by atoms with van der Waals surface area (Å²) in [7, 11) is 0. The lowest BCUT2D eigenvalue weighted by Crippen LogP contribution is -2.46. The molecule has 0 aliphatic rings.